The molecule has 0 saturated heterocycles. The van der Waals surface area contributed by atoms with Crippen molar-refractivity contribution in [1.82, 2.24) is 19.6 Å². The van der Waals surface area contributed by atoms with E-state index >= 15 is 0 Å². The molecule has 0 aliphatic carbocycles. The van der Waals surface area contributed by atoms with Crippen LogP contribution in [0.4, 0.5) is 0 Å². The summed E-state index contributed by atoms with van der Waals surface area (Å²) in [7, 11) is 1.68. The average molecular weight is 314 g/mol. The third kappa shape index (κ3) is 3.22. The predicted molar refractivity (Wildman–Crippen MR) is 87.7 cm³/mol. The molecule has 22 heavy (non-hydrogen) atoms. The topological polar surface area (TPSA) is 52.3 Å². The minimum absolute atomic E-state index is 0.671. The van der Waals surface area contributed by atoms with Crippen LogP contribution in [0.3, 0.4) is 0 Å². The first-order valence-electron chi connectivity index (χ1n) is 7.12. The molecular formula is C16H18N4OS. The van der Waals surface area contributed by atoms with Crippen molar-refractivity contribution in [1.29, 1.82) is 0 Å². The molecule has 3 rings (SSSR count). The Balaban J connectivity index is 1.65. The Hall–Kier alpha value is -2.08. The van der Waals surface area contributed by atoms with Gasteiger partial charge in [-0.1, -0.05) is 23.9 Å². The summed E-state index contributed by atoms with van der Waals surface area (Å²) >= 11 is 1.65. The summed E-state index contributed by atoms with van der Waals surface area (Å²) in [6, 6.07) is 10.2. The summed E-state index contributed by atoms with van der Waals surface area (Å²) < 4.78 is 6.96. The van der Waals surface area contributed by atoms with Gasteiger partial charge in [0.25, 0.3) is 5.78 Å². The minimum Gasteiger partial charge on any atom is -0.497 e. The van der Waals surface area contributed by atoms with Crippen LogP contribution >= 0.6 is 11.8 Å². The monoisotopic (exact) mass is 314 g/mol. The number of benzene rings is 1. The molecule has 0 atom stereocenters. The summed E-state index contributed by atoms with van der Waals surface area (Å²) in [4.78, 5) is 8.88. The SMILES string of the molecule is COc1ccc(CCSc2nc3nc(C)cc(C)n3n2)cc1. The van der Waals surface area contributed by atoms with Crippen LogP contribution < -0.4 is 4.74 Å². The van der Waals surface area contributed by atoms with E-state index in [1.807, 2.05) is 32.0 Å². The number of rotatable bonds is 5. The van der Waals surface area contributed by atoms with Crippen LogP contribution in [0.1, 0.15) is 17.0 Å². The number of hydrogen-bond donors (Lipinski definition) is 0. The molecule has 0 amide bonds. The molecule has 5 nitrogen and oxygen atoms in total. The zero-order valence-electron chi connectivity index (χ0n) is 12.9. The molecule has 2 aromatic heterocycles. The van der Waals surface area contributed by atoms with E-state index in [4.69, 9.17) is 4.74 Å². The van der Waals surface area contributed by atoms with Crippen LogP contribution in [0.2, 0.25) is 0 Å². The summed E-state index contributed by atoms with van der Waals surface area (Å²) in [5.74, 6) is 2.49. The zero-order chi connectivity index (χ0) is 15.5. The first-order valence-corrected chi connectivity index (χ1v) is 8.11. The molecule has 0 fully saturated rings. The van der Waals surface area contributed by atoms with Gasteiger partial charge in [0.15, 0.2) is 0 Å². The van der Waals surface area contributed by atoms with E-state index in [9.17, 15) is 0 Å². The molecule has 114 valence electrons. The lowest BCUT2D eigenvalue weighted by Gasteiger charge is -2.02. The number of nitrogens with zero attached hydrogens (tertiary/aromatic N) is 4. The Morgan fingerprint density at radius 2 is 1.91 bits per heavy atom. The Morgan fingerprint density at radius 3 is 2.64 bits per heavy atom. The van der Waals surface area contributed by atoms with E-state index in [2.05, 4.69) is 27.2 Å². The quantitative estimate of drug-likeness (QED) is 0.677. The second-order valence-corrected chi connectivity index (χ2v) is 6.15. The van der Waals surface area contributed by atoms with Crippen molar-refractivity contribution in [2.75, 3.05) is 12.9 Å². The highest BCUT2D eigenvalue weighted by molar-refractivity contribution is 7.99. The second kappa shape index (κ2) is 6.36. The van der Waals surface area contributed by atoms with Gasteiger partial charge in [0.05, 0.1) is 7.11 Å². The average Bonchev–Trinajstić information content (AvgIpc) is 2.91. The molecule has 0 saturated carbocycles. The molecule has 3 aromatic rings. The largest absolute Gasteiger partial charge is 0.497 e. The minimum atomic E-state index is 0.671. The highest BCUT2D eigenvalue weighted by Crippen LogP contribution is 2.18. The van der Waals surface area contributed by atoms with Crippen LogP contribution in [0.5, 0.6) is 5.75 Å². The fourth-order valence-corrected chi connectivity index (χ4v) is 3.07. The van der Waals surface area contributed by atoms with E-state index in [0.717, 1.165) is 34.5 Å². The van der Waals surface area contributed by atoms with Gasteiger partial charge in [-0.25, -0.2) is 9.50 Å². The Bertz CT molecular complexity index is 783. The smallest absolute Gasteiger partial charge is 0.253 e. The van der Waals surface area contributed by atoms with Crippen molar-refractivity contribution in [3.8, 4) is 5.75 Å². The van der Waals surface area contributed by atoms with E-state index in [1.54, 1.807) is 23.4 Å². The number of aryl methyl sites for hydroxylation is 3. The van der Waals surface area contributed by atoms with Gasteiger partial charge < -0.3 is 4.74 Å². The van der Waals surface area contributed by atoms with Gasteiger partial charge in [0.1, 0.15) is 5.75 Å². The van der Waals surface area contributed by atoms with Crippen molar-refractivity contribution < 1.29 is 4.74 Å². The van der Waals surface area contributed by atoms with Gasteiger partial charge >= 0.3 is 0 Å². The highest BCUT2D eigenvalue weighted by Gasteiger charge is 2.08. The summed E-state index contributed by atoms with van der Waals surface area (Å²) in [6.07, 6.45) is 0.968. The molecule has 0 aliphatic rings. The molecule has 0 radical (unpaired) electrons. The molecule has 0 aliphatic heterocycles. The number of ether oxygens (including phenoxy) is 1. The number of fused-ring (bicyclic) bond motifs is 1. The van der Waals surface area contributed by atoms with E-state index in [0.29, 0.717) is 5.78 Å². The molecule has 0 unspecified atom stereocenters. The van der Waals surface area contributed by atoms with Gasteiger partial charge in [-0.15, -0.1) is 5.10 Å². The molecule has 0 N–H and O–H groups in total. The Labute approximate surface area is 133 Å². The normalized spacial score (nSPS) is 11.0. The second-order valence-electron chi connectivity index (χ2n) is 5.09. The summed E-state index contributed by atoms with van der Waals surface area (Å²) in [6.45, 7) is 3.99. The van der Waals surface area contributed by atoms with Gasteiger partial charge in [0, 0.05) is 17.1 Å². The van der Waals surface area contributed by atoms with Crippen LogP contribution in [0.15, 0.2) is 35.5 Å². The van der Waals surface area contributed by atoms with Crippen molar-refractivity contribution in [3.05, 3.63) is 47.3 Å². The van der Waals surface area contributed by atoms with Crippen molar-refractivity contribution >= 4 is 17.5 Å². The fourth-order valence-electron chi connectivity index (χ4n) is 2.26. The van der Waals surface area contributed by atoms with Gasteiger partial charge in [0.2, 0.25) is 5.16 Å². The molecule has 0 spiro atoms. The lowest BCUT2D eigenvalue weighted by atomic mass is 10.2. The Kier molecular flexibility index (Phi) is 4.29. The maximum Gasteiger partial charge on any atom is 0.253 e. The standard InChI is InChI=1S/C16H18N4OS/c1-11-10-12(2)20-15(17-11)18-16(19-20)22-9-8-13-4-6-14(21-3)7-5-13/h4-7,10H,8-9H2,1-3H3. The lowest BCUT2D eigenvalue weighted by molar-refractivity contribution is 0.414. The third-order valence-electron chi connectivity index (χ3n) is 3.38. The molecule has 1 aromatic carbocycles. The van der Waals surface area contributed by atoms with E-state index in [-0.39, 0.29) is 0 Å². The van der Waals surface area contributed by atoms with Crippen molar-refractivity contribution in [2.45, 2.75) is 25.4 Å². The van der Waals surface area contributed by atoms with Crippen molar-refractivity contribution in [3.63, 3.8) is 0 Å². The Morgan fingerprint density at radius 1 is 1.14 bits per heavy atom. The number of thioether (sulfide) groups is 1. The predicted octanol–water partition coefficient (Wildman–Crippen LogP) is 3.08. The fraction of sp³-hybridized carbons (Fsp3) is 0.312. The number of aromatic nitrogens is 4. The van der Waals surface area contributed by atoms with Crippen LogP contribution in [0.25, 0.3) is 5.78 Å². The molecule has 6 heteroatoms. The van der Waals surface area contributed by atoms with Gasteiger partial charge in [-0.3, -0.25) is 0 Å². The molecular weight excluding hydrogens is 296 g/mol. The van der Waals surface area contributed by atoms with E-state index in [1.165, 1.54) is 5.56 Å². The third-order valence-corrected chi connectivity index (χ3v) is 4.22. The zero-order valence-corrected chi connectivity index (χ0v) is 13.7. The first-order chi connectivity index (χ1) is 10.7. The molecule has 0 bridgehead atoms. The summed E-state index contributed by atoms with van der Waals surface area (Å²) in [5, 5.41) is 5.27. The maximum absolute atomic E-state index is 5.16. The van der Waals surface area contributed by atoms with E-state index < -0.39 is 0 Å². The lowest BCUT2D eigenvalue weighted by Crippen LogP contribution is -1.97. The van der Waals surface area contributed by atoms with Crippen LogP contribution in [-0.4, -0.2) is 32.4 Å². The number of methoxy groups -OCH3 is 1. The van der Waals surface area contributed by atoms with Crippen LogP contribution in [0, 0.1) is 13.8 Å². The van der Waals surface area contributed by atoms with Crippen molar-refractivity contribution in [2.24, 2.45) is 0 Å². The van der Waals surface area contributed by atoms with Gasteiger partial charge in [-0.05, 0) is 44.0 Å². The molecule has 2 heterocycles. The first kappa shape index (κ1) is 14.8. The summed E-state index contributed by atoms with van der Waals surface area (Å²) in [5.41, 5.74) is 3.30. The number of hydrogen-bond acceptors (Lipinski definition) is 5. The van der Waals surface area contributed by atoms with Crippen LogP contribution in [-0.2, 0) is 6.42 Å². The highest BCUT2D eigenvalue weighted by atomic mass is 32.2. The maximum atomic E-state index is 5.16. The van der Waals surface area contributed by atoms with Gasteiger partial charge in [-0.2, -0.15) is 4.98 Å².